The van der Waals surface area contributed by atoms with E-state index in [-0.39, 0.29) is 23.7 Å². The molecule has 1 amide bonds. The molecular formula is C15H18ClNO3. The van der Waals surface area contributed by atoms with Gasteiger partial charge in [-0.1, -0.05) is 37.6 Å². The molecule has 2 N–H and O–H groups in total. The van der Waals surface area contributed by atoms with Gasteiger partial charge in [-0.15, -0.1) is 0 Å². The first kappa shape index (κ1) is 14.9. The summed E-state index contributed by atoms with van der Waals surface area (Å²) in [6.45, 7) is 4.07. The van der Waals surface area contributed by atoms with Gasteiger partial charge in [0.1, 0.15) is 0 Å². The number of carboxylic acids is 1. The standard InChI is InChI=1S/C15H18ClNO3/c1-15(2)8-11(15)14(20)17-12(7-13(18)19)9-3-5-10(16)6-4-9/h3-6,11-12H,7-8H2,1-2H3,(H,17,20)(H,18,19)/t11?,12-/m0/s1. The summed E-state index contributed by atoms with van der Waals surface area (Å²) in [5.41, 5.74) is 0.779. The highest BCUT2D eigenvalue weighted by molar-refractivity contribution is 6.30. The second-order valence-corrected chi connectivity index (χ2v) is 6.39. The Morgan fingerprint density at radius 2 is 1.95 bits per heavy atom. The maximum Gasteiger partial charge on any atom is 0.305 e. The molecular weight excluding hydrogens is 278 g/mol. The average molecular weight is 296 g/mol. The highest BCUT2D eigenvalue weighted by atomic mass is 35.5. The van der Waals surface area contributed by atoms with Crippen molar-refractivity contribution >= 4 is 23.5 Å². The molecule has 0 heterocycles. The fourth-order valence-corrected chi connectivity index (χ4v) is 2.43. The number of benzene rings is 1. The molecule has 0 radical (unpaired) electrons. The molecule has 0 aromatic heterocycles. The molecule has 0 saturated heterocycles. The van der Waals surface area contributed by atoms with Gasteiger partial charge in [0.2, 0.25) is 5.91 Å². The number of carboxylic acid groups (broad SMARTS) is 1. The zero-order chi connectivity index (χ0) is 14.9. The van der Waals surface area contributed by atoms with Crippen LogP contribution in [0.4, 0.5) is 0 Å². The number of nitrogens with one attached hydrogen (secondary N) is 1. The zero-order valence-corrected chi connectivity index (χ0v) is 12.3. The minimum atomic E-state index is -0.944. The van der Waals surface area contributed by atoms with E-state index in [4.69, 9.17) is 16.7 Å². The van der Waals surface area contributed by atoms with Crippen molar-refractivity contribution in [3.63, 3.8) is 0 Å². The smallest absolute Gasteiger partial charge is 0.305 e. The molecule has 20 heavy (non-hydrogen) atoms. The van der Waals surface area contributed by atoms with E-state index in [0.717, 1.165) is 12.0 Å². The molecule has 1 fully saturated rings. The average Bonchev–Trinajstić information content (AvgIpc) is 2.98. The summed E-state index contributed by atoms with van der Waals surface area (Å²) in [7, 11) is 0. The number of carbonyl (C=O) groups excluding carboxylic acids is 1. The van der Waals surface area contributed by atoms with E-state index in [2.05, 4.69) is 5.32 Å². The molecule has 1 aromatic rings. The van der Waals surface area contributed by atoms with Gasteiger partial charge < -0.3 is 10.4 Å². The van der Waals surface area contributed by atoms with E-state index >= 15 is 0 Å². The molecule has 2 atom stereocenters. The lowest BCUT2D eigenvalue weighted by molar-refractivity contribution is -0.137. The lowest BCUT2D eigenvalue weighted by Gasteiger charge is -2.18. The summed E-state index contributed by atoms with van der Waals surface area (Å²) in [6.07, 6.45) is 0.708. The van der Waals surface area contributed by atoms with Crippen LogP contribution >= 0.6 is 11.6 Å². The normalized spacial score (nSPS) is 21.1. The van der Waals surface area contributed by atoms with Crippen molar-refractivity contribution in [3.05, 3.63) is 34.9 Å². The monoisotopic (exact) mass is 295 g/mol. The molecule has 0 spiro atoms. The van der Waals surface area contributed by atoms with E-state index in [0.29, 0.717) is 5.02 Å². The SMILES string of the molecule is CC1(C)CC1C(=O)N[C@@H](CC(=O)O)c1ccc(Cl)cc1. The Bertz CT molecular complexity index is 524. The molecule has 0 bridgehead atoms. The molecule has 2 rings (SSSR count). The third-order valence-electron chi connectivity index (χ3n) is 3.80. The molecule has 1 aliphatic rings. The van der Waals surface area contributed by atoms with Gasteiger partial charge in [-0.2, -0.15) is 0 Å². The Kier molecular flexibility index (Phi) is 4.04. The van der Waals surface area contributed by atoms with Crippen LogP contribution in [0.25, 0.3) is 0 Å². The van der Waals surface area contributed by atoms with Crippen molar-refractivity contribution in [2.75, 3.05) is 0 Å². The van der Waals surface area contributed by atoms with Crippen molar-refractivity contribution < 1.29 is 14.7 Å². The topological polar surface area (TPSA) is 66.4 Å². The summed E-state index contributed by atoms with van der Waals surface area (Å²) in [6, 6.07) is 6.36. The van der Waals surface area contributed by atoms with Gasteiger partial charge in [0.25, 0.3) is 0 Å². The summed E-state index contributed by atoms with van der Waals surface area (Å²) in [5.74, 6) is -1.04. The molecule has 1 unspecified atom stereocenters. The second-order valence-electron chi connectivity index (χ2n) is 5.96. The Labute approximate surface area is 123 Å². The first-order valence-electron chi connectivity index (χ1n) is 6.57. The number of hydrogen-bond donors (Lipinski definition) is 2. The predicted octanol–water partition coefficient (Wildman–Crippen LogP) is 3.02. The Balaban J connectivity index is 2.10. The minimum Gasteiger partial charge on any atom is -0.481 e. The van der Waals surface area contributed by atoms with Gasteiger partial charge in [0.15, 0.2) is 0 Å². The van der Waals surface area contributed by atoms with Gasteiger partial charge >= 0.3 is 5.97 Å². The largest absolute Gasteiger partial charge is 0.481 e. The predicted molar refractivity (Wildman–Crippen MR) is 76.5 cm³/mol. The van der Waals surface area contributed by atoms with Gasteiger partial charge in [-0.25, -0.2) is 0 Å². The second kappa shape index (κ2) is 5.44. The molecule has 1 saturated carbocycles. The molecule has 0 aliphatic heterocycles. The van der Waals surface area contributed by atoms with Crippen molar-refractivity contribution in [2.24, 2.45) is 11.3 Å². The van der Waals surface area contributed by atoms with Gasteiger partial charge in [-0.3, -0.25) is 9.59 Å². The van der Waals surface area contributed by atoms with Crippen LogP contribution in [0.15, 0.2) is 24.3 Å². The summed E-state index contributed by atoms with van der Waals surface area (Å²) >= 11 is 5.82. The summed E-state index contributed by atoms with van der Waals surface area (Å²) < 4.78 is 0. The van der Waals surface area contributed by atoms with Crippen LogP contribution in [-0.4, -0.2) is 17.0 Å². The van der Waals surface area contributed by atoms with E-state index in [1.807, 2.05) is 13.8 Å². The number of hydrogen-bond acceptors (Lipinski definition) is 2. The lowest BCUT2D eigenvalue weighted by atomic mass is 10.0. The number of rotatable bonds is 5. The zero-order valence-electron chi connectivity index (χ0n) is 11.5. The number of halogens is 1. The number of amides is 1. The van der Waals surface area contributed by atoms with Gasteiger partial charge in [0.05, 0.1) is 12.5 Å². The first-order chi connectivity index (χ1) is 9.29. The Hall–Kier alpha value is -1.55. The highest BCUT2D eigenvalue weighted by Gasteiger charge is 2.50. The van der Waals surface area contributed by atoms with Crippen molar-refractivity contribution in [3.8, 4) is 0 Å². The third kappa shape index (κ3) is 3.51. The van der Waals surface area contributed by atoms with E-state index in [1.165, 1.54) is 0 Å². The van der Waals surface area contributed by atoms with Crippen LogP contribution in [0.1, 0.15) is 38.3 Å². The van der Waals surface area contributed by atoms with E-state index in [9.17, 15) is 9.59 Å². The van der Waals surface area contributed by atoms with Crippen LogP contribution in [0.3, 0.4) is 0 Å². The Morgan fingerprint density at radius 1 is 1.40 bits per heavy atom. The van der Waals surface area contributed by atoms with Crippen LogP contribution in [0.2, 0.25) is 5.02 Å². The van der Waals surface area contributed by atoms with Crippen LogP contribution in [-0.2, 0) is 9.59 Å². The summed E-state index contributed by atoms with van der Waals surface area (Å²) in [4.78, 5) is 23.1. The number of carbonyl (C=O) groups is 2. The van der Waals surface area contributed by atoms with Gasteiger partial charge in [0, 0.05) is 10.9 Å². The molecule has 1 aliphatic carbocycles. The fraction of sp³-hybridized carbons (Fsp3) is 0.467. The third-order valence-corrected chi connectivity index (χ3v) is 4.05. The van der Waals surface area contributed by atoms with Crippen molar-refractivity contribution in [2.45, 2.75) is 32.7 Å². The van der Waals surface area contributed by atoms with Gasteiger partial charge in [-0.05, 0) is 29.5 Å². The van der Waals surface area contributed by atoms with Crippen molar-refractivity contribution in [1.29, 1.82) is 0 Å². The molecule has 4 nitrogen and oxygen atoms in total. The number of aliphatic carboxylic acids is 1. The lowest BCUT2D eigenvalue weighted by Crippen LogP contribution is -2.32. The van der Waals surface area contributed by atoms with Crippen LogP contribution in [0.5, 0.6) is 0 Å². The molecule has 108 valence electrons. The highest BCUT2D eigenvalue weighted by Crippen LogP contribution is 2.51. The molecule has 5 heteroatoms. The quantitative estimate of drug-likeness (QED) is 0.877. The van der Waals surface area contributed by atoms with Crippen LogP contribution in [0, 0.1) is 11.3 Å². The minimum absolute atomic E-state index is 0.0221. The first-order valence-corrected chi connectivity index (χ1v) is 6.95. The fourth-order valence-electron chi connectivity index (χ4n) is 2.31. The summed E-state index contributed by atoms with van der Waals surface area (Å²) in [5, 5.41) is 12.4. The van der Waals surface area contributed by atoms with Crippen LogP contribution < -0.4 is 5.32 Å². The van der Waals surface area contributed by atoms with E-state index in [1.54, 1.807) is 24.3 Å². The van der Waals surface area contributed by atoms with E-state index < -0.39 is 12.0 Å². The Morgan fingerprint density at radius 3 is 2.40 bits per heavy atom. The van der Waals surface area contributed by atoms with Crippen molar-refractivity contribution in [1.82, 2.24) is 5.32 Å². The maximum atomic E-state index is 12.1. The maximum absolute atomic E-state index is 12.1. The molecule has 1 aromatic carbocycles.